The number of hydrogen-bond acceptors (Lipinski definition) is 2. The number of carbonyl (C=O) groups is 2. The Morgan fingerprint density at radius 2 is 1.29 bits per heavy atom. The van der Waals surface area contributed by atoms with Crippen LogP contribution in [0.1, 0.15) is 72.3 Å². The highest BCUT2D eigenvalue weighted by Gasteiger charge is 2.33. The van der Waals surface area contributed by atoms with Crippen molar-refractivity contribution in [1.29, 1.82) is 0 Å². The first-order valence-electron chi connectivity index (χ1n) is 15.4. The maximum atomic E-state index is 14.6. The van der Waals surface area contributed by atoms with Crippen LogP contribution >= 0.6 is 0 Å². The largest absolute Gasteiger partial charge is 0.352 e. The van der Waals surface area contributed by atoms with Crippen LogP contribution in [0.2, 0.25) is 0 Å². The number of nitrogens with zero attached hydrogens (tertiary/aromatic N) is 1. The fraction of sp³-hybridized carbons (Fsp3) is 0.316. The summed E-state index contributed by atoms with van der Waals surface area (Å²) in [6, 6.07) is 38.3. The minimum Gasteiger partial charge on any atom is -0.352 e. The maximum Gasteiger partial charge on any atom is 0.243 e. The molecule has 1 aliphatic carbocycles. The Balaban J connectivity index is 1.51. The molecule has 0 aromatic heterocycles. The van der Waals surface area contributed by atoms with Crippen molar-refractivity contribution in [2.75, 3.05) is 0 Å². The lowest BCUT2D eigenvalue weighted by atomic mass is 9.87. The number of carbonyl (C=O) groups excluding carboxylic acids is 2. The Kier molecular flexibility index (Phi) is 10.2. The van der Waals surface area contributed by atoms with Gasteiger partial charge in [-0.3, -0.25) is 9.59 Å². The smallest absolute Gasteiger partial charge is 0.243 e. The highest BCUT2D eigenvalue weighted by Crippen LogP contribution is 2.30. The Bertz CT molecular complexity index is 1380. The van der Waals surface area contributed by atoms with Gasteiger partial charge in [0.05, 0.1) is 0 Å². The summed E-state index contributed by atoms with van der Waals surface area (Å²) in [5.74, 6) is -0.183. The molecule has 0 radical (unpaired) electrons. The fourth-order valence-corrected chi connectivity index (χ4v) is 6.16. The van der Waals surface area contributed by atoms with Gasteiger partial charge in [-0.1, -0.05) is 135 Å². The second-order valence-corrected chi connectivity index (χ2v) is 11.6. The maximum absolute atomic E-state index is 14.6. The van der Waals surface area contributed by atoms with Crippen LogP contribution in [0.5, 0.6) is 0 Å². The number of rotatable bonds is 11. The minimum absolute atomic E-state index is 0.0179. The number of benzene rings is 4. The zero-order chi connectivity index (χ0) is 29.1. The van der Waals surface area contributed by atoms with Crippen molar-refractivity contribution in [1.82, 2.24) is 10.2 Å². The lowest BCUT2D eigenvalue weighted by molar-refractivity contribution is -0.141. The molecule has 1 aliphatic rings. The molecule has 4 aromatic carbocycles. The van der Waals surface area contributed by atoms with Gasteiger partial charge in [0.1, 0.15) is 6.04 Å². The summed E-state index contributed by atoms with van der Waals surface area (Å²) in [5, 5.41) is 3.36. The van der Waals surface area contributed by atoms with E-state index in [0.29, 0.717) is 13.0 Å². The van der Waals surface area contributed by atoms with Crippen molar-refractivity contribution in [3.05, 3.63) is 143 Å². The lowest BCUT2D eigenvalue weighted by Crippen LogP contribution is -2.53. The first-order valence-corrected chi connectivity index (χ1v) is 15.4. The highest BCUT2D eigenvalue weighted by atomic mass is 16.2. The van der Waals surface area contributed by atoms with Crippen LogP contribution in [-0.2, 0) is 22.6 Å². The summed E-state index contributed by atoms with van der Waals surface area (Å²) in [7, 11) is 0. The molecule has 4 heteroatoms. The van der Waals surface area contributed by atoms with Gasteiger partial charge in [0, 0.05) is 31.3 Å². The van der Waals surface area contributed by atoms with E-state index in [2.05, 4.69) is 48.6 Å². The van der Waals surface area contributed by atoms with E-state index in [0.717, 1.165) is 53.5 Å². The number of nitrogens with one attached hydrogen (secondary N) is 1. The molecule has 42 heavy (non-hydrogen) atoms. The Labute approximate surface area is 250 Å². The Morgan fingerprint density at radius 3 is 1.88 bits per heavy atom. The van der Waals surface area contributed by atoms with E-state index >= 15 is 0 Å². The quantitative estimate of drug-likeness (QED) is 0.206. The molecule has 0 bridgehead atoms. The van der Waals surface area contributed by atoms with Crippen molar-refractivity contribution in [3.8, 4) is 0 Å². The topological polar surface area (TPSA) is 49.4 Å². The molecular formula is C38H42N2O2. The van der Waals surface area contributed by atoms with Crippen molar-refractivity contribution >= 4 is 11.8 Å². The van der Waals surface area contributed by atoms with Gasteiger partial charge in [-0.15, -0.1) is 0 Å². The van der Waals surface area contributed by atoms with Crippen molar-refractivity contribution < 1.29 is 9.59 Å². The molecule has 2 amide bonds. The second kappa shape index (κ2) is 14.6. The van der Waals surface area contributed by atoms with Crippen LogP contribution < -0.4 is 5.32 Å². The van der Waals surface area contributed by atoms with E-state index in [1.54, 1.807) is 0 Å². The zero-order valence-electron chi connectivity index (χ0n) is 24.6. The first kappa shape index (κ1) is 29.3. The Hall–Kier alpha value is -4.18. The highest BCUT2D eigenvalue weighted by molar-refractivity contribution is 5.88. The molecule has 0 heterocycles. The van der Waals surface area contributed by atoms with Crippen molar-refractivity contribution in [3.63, 3.8) is 0 Å². The van der Waals surface area contributed by atoms with Gasteiger partial charge in [-0.05, 0) is 47.6 Å². The number of hydrogen-bond donors (Lipinski definition) is 1. The third-order valence-electron chi connectivity index (χ3n) is 8.61. The molecule has 0 unspecified atom stereocenters. The van der Waals surface area contributed by atoms with Gasteiger partial charge in [0.2, 0.25) is 11.8 Å². The summed E-state index contributed by atoms with van der Waals surface area (Å²) in [4.78, 5) is 30.6. The third-order valence-corrected chi connectivity index (χ3v) is 8.61. The van der Waals surface area contributed by atoms with Gasteiger partial charge in [-0.25, -0.2) is 0 Å². The van der Waals surface area contributed by atoms with Crippen LogP contribution in [-0.4, -0.2) is 28.8 Å². The molecule has 1 N–H and O–H groups in total. The standard InChI is InChI=1S/C38H42N2O2/c1-29-16-14-15-23-33(29)28-40(37(41)27-35(31-19-8-3-9-20-31)32-21-10-4-11-22-32)36(26-30-17-6-2-7-18-30)38(42)39-34-24-12-5-13-25-34/h2-4,6-11,14-23,34-36H,5,12-13,24-28H2,1H3,(H,39,42)/t36-/m1/s1. The third kappa shape index (κ3) is 7.76. The van der Waals surface area contributed by atoms with E-state index < -0.39 is 6.04 Å². The first-order chi connectivity index (χ1) is 20.6. The molecule has 0 saturated heterocycles. The van der Waals surface area contributed by atoms with Gasteiger partial charge in [0.15, 0.2) is 0 Å². The molecule has 4 aromatic rings. The second-order valence-electron chi connectivity index (χ2n) is 11.6. The average Bonchev–Trinajstić information content (AvgIpc) is 3.04. The average molecular weight is 559 g/mol. The van der Waals surface area contributed by atoms with E-state index in [1.807, 2.05) is 83.8 Å². The predicted molar refractivity (Wildman–Crippen MR) is 170 cm³/mol. The molecule has 1 saturated carbocycles. The Morgan fingerprint density at radius 1 is 0.738 bits per heavy atom. The summed E-state index contributed by atoms with van der Waals surface area (Å²) in [5.41, 5.74) is 5.42. The molecule has 1 fully saturated rings. The van der Waals surface area contributed by atoms with Crippen LogP contribution in [0.3, 0.4) is 0 Å². The monoisotopic (exact) mass is 558 g/mol. The summed E-state index contributed by atoms with van der Waals surface area (Å²) >= 11 is 0. The molecule has 216 valence electrons. The summed E-state index contributed by atoms with van der Waals surface area (Å²) in [6.45, 7) is 2.46. The number of aryl methyl sites for hydroxylation is 1. The van der Waals surface area contributed by atoms with Crippen LogP contribution in [0, 0.1) is 6.92 Å². The van der Waals surface area contributed by atoms with E-state index in [4.69, 9.17) is 0 Å². The minimum atomic E-state index is -0.617. The van der Waals surface area contributed by atoms with Gasteiger partial charge in [-0.2, -0.15) is 0 Å². The van der Waals surface area contributed by atoms with Crippen LogP contribution in [0.15, 0.2) is 115 Å². The van der Waals surface area contributed by atoms with Crippen molar-refractivity contribution in [2.24, 2.45) is 0 Å². The summed E-state index contributed by atoms with van der Waals surface area (Å²) in [6.07, 6.45) is 6.24. The lowest BCUT2D eigenvalue weighted by Gasteiger charge is -2.34. The summed E-state index contributed by atoms with van der Waals surface area (Å²) < 4.78 is 0. The normalized spacial score (nSPS) is 14.3. The van der Waals surface area contributed by atoms with Crippen LogP contribution in [0.4, 0.5) is 0 Å². The van der Waals surface area contributed by atoms with E-state index in [-0.39, 0.29) is 30.2 Å². The van der Waals surface area contributed by atoms with Crippen molar-refractivity contribution in [2.45, 2.75) is 76.4 Å². The molecule has 0 aliphatic heterocycles. The van der Waals surface area contributed by atoms with Crippen LogP contribution in [0.25, 0.3) is 0 Å². The zero-order valence-corrected chi connectivity index (χ0v) is 24.6. The SMILES string of the molecule is Cc1ccccc1CN(C(=O)CC(c1ccccc1)c1ccccc1)[C@H](Cc1ccccc1)C(=O)NC1CCCCC1. The van der Waals surface area contributed by atoms with E-state index in [1.165, 1.54) is 6.42 Å². The van der Waals surface area contributed by atoms with Gasteiger partial charge >= 0.3 is 0 Å². The number of amides is 2. The molecule has 4 nitrogen and oxygen atoms in total. The van der Waals surface area contributed by atoms with Gasteiger partial charge in [0.25, 0.3) is 0 Å². The molecule has 5 rings (SSSR count). The van der Waals surface area contributed by atoms with Gasteiger partial charge < -0.3 is 10.2 Å². The van der Waals surface area contributed by atoms with E-state index in [9.17, 15) is 9.59 Å². The molecule has 1 atom stereocenters. The molecular weight excluding hydrogens is 516 g/mol. The predicted octanol–water partition coefficient (Wildman–Crippen LogP) is 7.61. The molecule has 0 spiro atoms. The fourth-order valence-electron chi connectivity index (χ4n) is 6.16.